The van der Waals surface area contributed by atoms with Crippen molar-refractivity contribution in [3.05, 3.63) is 35.9 Å². The summed E-state index contributed by atoms with van der Waals surface area (Å²) in [6.45, 7) is 1.60. The number of amides is 2. The molecule has 1 heterocycles. The molecule has 1 aliphatic heterocycles. The molecular weight excluding hydrogens is 276 g/mol. The summed E-state index contributed by atoms with van der Waals surface area (Å²) in [6.07, 6.45) is 3.82. The summed E-state index contributed by atoms with van der Waals surface area (Å²) in [6, 6.07) is 10.4. The van der Waals surface area contributed by atoms with Gasteiger partial charge in [0.2, 0.25) is 0 Å². The second-order valence-corrected chi connectivity index (χ2v) is 7.15. The molecule has 1 saturated heterocycles. The first kappa shape index (κ1) is 15.1. The molecule has 1 aromatic rings. The fraction of sp³-hybridized carbons (Fsp3) is 0.556. The van der Waals surface area contributed by atoms with Crippen LogP contribution in [0.15, 0.2) is 30.3 Å². The third kappa shape index (κ3) is 2.74. The maximum Gasteiger partial charge on any atom is 0.319 e. The highest BCUT2D eigenvalue weighted by molar-refractivity contribution is 5.74. The lowest BCUT2D eigenvalue weighted by Gasteiger charge is -2.27. The van der Waals surface area contributed by atoms with Crippen LogP contribution in [0, 0.1) is 17.3 Å². The minimum absolute atomic E-state index is 0.0918. The molecule has 0 bridgehead atoms. The minimum atomic E-state index is -0.232. The maximum atomic E-state index is 12.1. The van der Waals surface area contributed by atoms with Crippen LogP contribution >= 0.6 is 0 Å². The van der Waals surface area contributed by atoms with Gasteiger partial charge in [-0.3, -0.25) is 0 Å². The van der Waals surface area contributed by atoms with Gasteiger partial charge < -0.3 is 14.6 Å². The molecule has 2 atom stereocenters. The Kier molecular flexibility index (Phi) is 3.94. The molecule has 1 aromatic carbocycles. The molecule has 4 nitrogen and oxygen atoms in total. The summed E-state index contributed by atoms with van der Waals surface area (Å²) in [5.41, 5.74) is 1.00. The Morgan fingerprint density at radius 1 is 1.23 bits per heavy atom. The number of fused-ring (bicyclic) bond motifs is 1. The summed E-state index contributed by atoms with van der Waals surface area (Å²) in [7, 11) is 3.59. The van der Waals surface area contributed by atoms with Crippen LogP contribution in [0.25, 0.3) is 0 Å². The number of aldehydes is 1. The second kappa shape index (κ2) is 5.75. The first-order valence-corrected chi connectivity index (χ1v) is 7.99. The van der Waals surface area contributed by atoms with Gasteiger partial charge in [-0.15, -0.1) is 0 Å². The smallest absolute Gasteiger partial charge is 0.319 e. The van der Waals surface area contributed by atoms with Gasteiger partial charge in [0.1, 0.15) is 6.29 Å². The Morgan fingerprint density at radius 2 is 1.82 bits per heavy atom. The number of benzene rings is 1. The van der Waals surface area contributed by atoms with E-state index in [2.05, 4.69) is 12.1 Å². The molecule has 22 heavy (non-hydrogen) atoms. The molecule has 0 aromatic heterocycles. The first-order valence-electron chi connectivity index (χ1n) is 7.99. The van der Waals surface area contributed by atoms with E-state index in [0.717, 1.165) is 32.4 Å². The topological polar surface area (TPSA) is 40.6 Å². The van der Waals surface area contributed by atoms with Crippen LogP contribution in [-0.2, 0) is 11.2 Å². The molecule has 1 aliphatic carbocycles. The summed E-state index contributed by atoms with van der Waals surface area (Å²) in [4.78, 5) is 27.5. The van der Waals surface area contributed by atoms with Crippen LogP contribution in [-0.4, -0.2) is 49.3 Å². The molecular formula is C18H24N2O2. The predicted octanol–water partition coefficient (Wildman–Crippen LogP) is 2.44. The van der Waals surface area contributed by atoms with Crippen LogP contribution in [0.2, 0.25) is 0 Å². The average molecular weight is 300 g/mol. The van der Waals surface area contributed by atoms with Gasteiger partial charge in [0.05, 0.1) is 0 Å². The van der Waals surface area contributed by atoms with E-state index >= 15 is 0 Å². The molecule has 4 heteroatoms. The molecule has 3 rings (SSSR count). The molecule has 2 amide bonds. The first-order chi connectivity index (χ1) is 10.5. The lowest BCUT2D eigenvalue weighted by molar-refractivity contribution is -0.116. The monoisotopic (exact) mass is 300 g/mol. The number of rotatable bonds is 3. The standard InChI is InChI=1S/C18H24N2O2/c1-19(2)17(22)20-11-15-9-18(13-21,10-16(15)12-20)8-14-6-4-3-5-7-14/h3-7,13,15-16H,8-12H2,1-2H3. The van der Waals surface area contributed by atoms with Crippen LogP contribution in [0.1, 0.15) is 18.4 Å². The van der Waals surface area contributed by atoms with Crippen LogP contribution in [0.5, 0.6) is 0 Å². The highest BCUT2D eigenvalue weighted by Crippen LogP contribution is 2.49. The average Bonchev–Trinajstić information content (AvgIpc) is 3.03. The van der Waals surface area contributed by atoms with Gasteiger partial charge in [0, 0.05) is 32.6 Å². The van der Waals surface area contributed by atoms with Crippen molar-refractivity contribution in [2.75, 3.05) is 27.2 Å². The normalized spacial score (nSPS) is 30.2. The van der Waals surface area contributed by atoms with E-state index in [0.29, 0.717) is 11.8 Å². The van der Waals surface area contributed by atoms with Gasteiger partial charge in [-0.25, -0.2) is 4.79 Å². The van der Waals surface area contributed by atoms with Crippen molar-refractivity contribution in [3.8, 4) is 0 Å². The second-order valence-electron chi connectivity index (χ2n) is 7.15. The van der Waals surface area contributed by atoms with Crippen LogP contribution in [0.4, 0.5) is 4.79 Å². The van der Waals surface area contributed by atoms with Crippen molar-refractivity contribution in [1.29, 1.82) is 0 Å². The summed E-state index contributed by atoms with van der Waals surface area (Å²) >= 11 is 0. The minimum Gasteiger partial charge on any atom is -0.331 e. The number of carbonyl (C=O) groups excluding carboxylic acids is 2. The summed E-state index contributed by atoms with van der Waals surface area (Å²) < 4.78 is 0. The van der Waals surface area contributed by atoms with Gasteiger partial charge in [-0.05, 0) is 36.7 Å². The zero-order chi connectivity index (χ0) is 15.7. The number of hydrogen-bond acceptors (Lipinski definition) is 2. The van der Waals surface area contributed by atoms with Crippen LogP contribution < -0.4 is 0 Å². The Labute approximate surface area is 132 Å². The Bertz CT molecular complexity index is 541. The van der Waals surface area contributed by atoms with Crippen molar-refractivity contribution >= 4 is 12.3 Å². The third-order valence-corrected chi connectivity index (χ3v) is 5.22. The quantitative estimate of drug-likeness (QED) is 0.805. The number of likely N-dealkylation sites (tertiary alicyclic amines) is 1. The van der Waals surface area contributed by atoms with Crippen molar-refractivity contribution in [3.63, 3.8) is 0 Å². The third-order valence-electron chi connectivity index (χ3n) is 5.22. The zero-order valence-electron chi connectivity index (χ0n) is 13.4. The maximum absolute atomic E-state index is 12.1. The fourth-order valence-corrected chi connectivity index (χ4v) is 4.25. The van der Waals surface area contributed by atoms with E-state index in [1.54, 1.807) is 19.0 Å². The molecule has 2 fully saturated rings. The zero-order valence-corrected chi connectivity index (χ0v) is 13.4. The molecule has 0 radical (unpaired) electrons. The molecule has 1 saturated carbocycles. The molecule has 0 spiro atoms. The number of hydrogen-bond donors (Lipinski definition) is 0. The Balaban J connectivity index is 1.68. The lowest BCUT2D eigenvalue weighted by Crippen LogP contribution is -2.39. The van der Waals surface area contributed by atoms with Crippen molar-refractivity contribution in [2.45, 2.75) is 19.3 Å². The van der Waals surface area contributed by atoms with E-state index in [4.69, 9.17) is 0 Å². The van der Waals surface area contributed by atoms with Crippen molar-refractivity contribution < 1.29 is 9.59 Å². The van der Waals surface area contributed by atoms with Gasteiger partial charge in [-0.2, -0.15) is 0 Å². The molecule has 118 valence electrons. The largest absolute Gasteiger partial charge is 0.331 e. The van der Waals surface area contributed by atoms with E-state index in [-0.39, 0.29) is 11.4 Å². The number of nitrogens with zero attached hydrogens (tertiary/aromatic N) is 2. The van der Waals surface area contributed by atoms with Crippen molar-refractivity contribution in [2.24, 2.45) is 17.3 Å². The van der Waals surface area contributed by atoms with Gasteiger partial charge >= 0.3 is 6.03 Å². The lowest BCUT2D eigenvalue weighted by atomic mass is 9.80. The highest BCUT2D eigenvalue weighted by atomic mass is 16.2. The van der Waals surface area contributed by atoms with E-state index in [1.165, 1.54) is 11.8 Å². The predicted molar refractivity (Wildman–Crippen MR) is 85.5 cm³/mol. The van der Waals surface area contributed by atoms with E-state index in [9.17, 15) is 9.59 Å². The SMILES string of the molecule is CN(C)C(=O)N1CC2CC(C=O)(Cc3ccccc3)CC2C1. The number of urea groups is 1. The molecule has 0 N–H and O–H groups in total. The van der Waals surface area contributed by atoms with Gasteiger partial charge in [0.15, 0.2) is 0 Å². The Hall–Kier alpha value is -1.84. The molecule has 2 unspecified atom stereocenters. The van der Waals surface area contributed by atoms with Gasteiger partial charge in [0.25, 0.3) is 0 Å². The summed E-state index contributed by atoms with van der Waals surface area (Å²) in [5, 5.41) is 0. The van der Waals surface area contributed by atoms with Gasteiger partial charge in [-0.1, -0.05) is 30.3 Å². The fourth-order valence-electron chi connectivity index (χ4n) is 4.25. The van der Waals surface area contributed by atoms with E-state index < -0.39 is 0 Å². The van der Waals surface area contributed by atoms with Crippen LogP contribution in [0.3, 0.4) is 0 Å². The number of carbonyl (C=O) groups is 2. The van der Waals surface area contributed by atoms with Crippen molar-refractivity contribution in [1.82, 2.24) is 9.80 Å². The summed E-state index contributed by atoms with van der Waals surface area (Å²) in [5.74, 6) is 0.940. The highest BCUT2D eigenvalue weighted by Gasteiger charge is 2.50. The van der Waals surface area contributed by atoms with E-state index in [1.807, 2.05) is 23.1 Å². The molecule has 2 aliphatic rings. The Morgan fingerprint density at radius 3 is 2.32 bits per heavy atom.